The quantitative estimate of drug-likeness (QED) is 0.798. The third-order valence-electron chi connectivity index (χ3n) is 4.90. The summed E-state index contributed by atoms with van der Waals surface area (Å²) in [4.78, 5) is 29.6. The van der Waals surface area contributed by atoms with Gasteiger partial charge in [-0.2, -0.15) is 0 Å². The molecule has 1 N–H and O–H groups in total. The summed E-state index contributed by atoms with van der Waals surface area (Å²) in [5.74, 6) is -0.0598. The second kappa shape index (κ2) is 8.48. The van der Waals surface area contributed by atoms with Crippen LogP contribution in [0.4, 0.5) is 5.69 Å². The van der Waals surface area contributed by atoms with Crippen LogP contribution in [0.1, 0.15) is 33.6 Å². The van der Waals surface area contributed by atoms with Gasteiger partial charge in [0.2, 0.25) is 0 Å². The topological polar surface area (TPSA) is 52.7 Å². The SMILES string of the molecule is CN(C)c1ccc(C(=O)NC2CCN(C(=O)c3ccccc3S)CC2)cc1. The maximum absolute atomic E-state index is 12.6. The lowest BCUT2D eigenvalue weighted by atomic mass is 10.0. The minimum atomic E-state index is -0.0641. The predicted octanol–water partition coefficient (Wildman–Crippen LogP) is 3.08. The summed E-state index contributed by atoms with van der Waals surface area (Å²) in [6, 6.07) is 15.0. The van der Waals surface area contributed by atoms with Crippen LogP contribution in [0.15, 0.2) is 53.4 Å². The van der Waals surface area contributed by atoms with Gasteiger partial charge < -0.3 is 15.1 Å². The Morgan fingerprint density at radius 3 is 2.26 bits per heavy atom. The van der Waals surface area contributed by atoms with E-state index in [0.29, 0.717) is 29.1 Å². The third-order valence-corrected chi connectivity index (χ3v) is 5.29. The number of thiol groups is 1. The van der Waals surface area contributed by atoms with Crippen molar-refractivity contribution in [2.24, 2.45) is 0 Å². The molecule has 1 fully saturated rings. The molecule has 0 bridgehead atoms. The van der Waals surface area contributed by atoms with E-state index >= 15 is 0 Å². The summed E-state index contributed by atoms with van der Waals surface area (Å²) >= 11 is 4.37. The van der Waals surface area contributed by atoms with Gasteiger partial charge in [-0.1, -0.05) is 12.1 Å². The maximum Gasteiger partial charge on any atom is 0.254 e. The van der Waals surface area contributed by atoms with Crippen molar-refractivity contribution in [3.05, 3.63) is 59.7 Å². The summed E-state index contributed by atoms with van der Waals surface area (Å²) in [5, 5.41) is 3.09. The van der Waals surface area contributed by atoms with Gasteiger partial charge in [-0.05, 0) is 49.2 Å². The first-order valence-electron chi connectivity index (χ1n) is 9.11. The van der Waals surface area contributed by atoms with E-state index < -0.39 is 0 Å². The third kappa shape index (κ3) is 4.63. The molecule has 2 aromatic rings. The standard InChI is InChI=1S/C21H25N3O2S/c1-23(2)17-9-7-15(8-10-17)20(25)22-16-11-13-24(14-12-16)21(26)18-5-3-4-6-19(18)27/h3-10,16,27H,11-14H2,1-2H3,(H,22,25). The first-order valence-corrected chi connectivity index (χ1v) is 9.56. The van der Waals surface area contributed by atoms with Crippen LogP contribution in [-0.4, -0.2) is 49.9 Å². The van der Waals surface area contributed by atoms with Gasteiger partial charge >= 0.3 is 0 Å². The number of piperidine rings is 1. The molecule has 0 atom stereocenters. The van der Waals surface area contributed by atoms with Crippen LogP contribution < -0.4 is 10.2 Å². The summed E-state index contributed by atoms with van der Waals surface area (Å²) in [7, 11) is 3.94. The highest BCUT2D eigenvalue weighted by molar-refractivity contribution is 7.80. The number of amides is 2. The summed E-state index contributed by atoms with van der Waals surface area (Å²) in [5.41, 5.74) is 2.34. The second-order valence-electron chi connectivity index (χ2n) is 7.00. The van der Waals surface area contributed by atoms with Gasteiger partial charge in [0, 0.05) is 49.4 Å². The van der Waals surface area contributed by atoms with Crippen molar-refractivity contribution in [2.45, 2.75) is 23.8 Å². The van der Waals surface area contributed by atoms with Crippen molar-refractivity contribution in [2.75, 3.05) is 32.1 Å². The van der Waals surface area contributed by atoms with Gasteiger partial charge in [-0.25, -0.2) is 0 Å². The Hall–Kier alpha value is -2.47. The summed E-state index contributed by atoms with van der Waals surface area (Å²) in [6.45, 7) is 1.26. The zero-order valence-electron chi connectivity index (χ0n) is 15.7. The van der Waals surface area contributed by atoms with Crippen LogP contribution in [0.3, 0.4) is 0 Å². The molecule has 1 heterocycles. The molecule has 142 valence electrons. The van der Waals surface area contributed by atoms with E-state index in [2.05, 4.69) is 17.9 Å². The molecule has 1 aliphatic heterocycles. The van der Waals surface area contributed by atoms with E-state index in [9.17, 15) is 9.59 Å². The smallest absolute Gasteiger partial charge is 0.254 e. The Labute approximate surface area is 165 Å². The Bertz CT molecular complexity index is 812. The molecule has 1 aliphatic rings. The predicted molar refractivity (Wildman–Crippen MR) is 111 cm³/mol. The Morgan fingerprint density at radius 2 is 1.67 bits per heavy atom. The number of carbonyl (C=O) groups excluding carboxylic acids is 2. The molecule has 0 radical (unpaired) electrons. The Balaban J connectivity index is 1.54. The molecule has 6 heteroatoms. The normalized spacial score (nSPS) is 14.7. The molecule has 0 saturated carbocycles. The molecular formula is C21H25N3O2S. The van der Waals surface area contributed by atoms with Crippen molar-refractivity contribution in [3.8, 4) is 0 Å². The van der Waals surface area contributed by atoms with Crippen LogP contribution in [0.5, 0.6) is 0 Å². The largest absolute Gasteiger partial charge is 0.378 e. The molecule has 0 unspecified atom stereocenters. The number of likely N-dealkylation sites (tertiary alicyclic amines) is 1. The van der Waals surface area contributed by atoms with Crippen molar-refractivity contribution in [1.29, 1.82) is 0 Å². The molecule has 0 spiro atoms. The first-order chi connectivity index (χ1) is 13.0. The van der Waals surface area contributed by atoms with Gasteiger partial charge in [-0.15, -0.1) is 12.6 Å². The van der Waals surface area contributed by atoms with Gasteiger partial charge in [0.25, 0.3) is 11.8 Å². The van der Waals surface area contributed by atoms with Gasteiger partial charge in [0.05, 0.1) is 5.56 Å². The van der Waals surface area contributed by atoms with E-state index in [1.54, 1.807) is 6.07 Å². The number of nitrogens with one attached hydrogen (secondary N) is 1. The number of hydrogen-bond donors (Lipinski definition) is 2. The van der Waals surface area contributed by atoms with Crippen LogP contribution in [-0.2, 0) is 0 Å². The van der Waals surface area contributed by atoms with Crippen molar-refractivity contribution in [3.63, 3.8) is 0 Å². The molecule has 5 nitrogen and oxygen atoms in total. The lowest BCUT2D eigenvalue weighted by molar-refractivity contribution is 0.0695. The minimum absolute atomic E-state index is 0.00431. The van der Waals surface area contributed by atoms with Crippen LogP contribution in [0, 0.1) is 0 Å². The van der Waals surface area contributed by atoms with Crippen molar-refractivity contribution >= 4 is 30.1 Å². The molecule has 2 amide bonds. The van der Waals surface area contributed by atoms with Gasteiger partial charge in [0.15, 0.2) is 0 Å². The average molecular weight is 384 g/mol. The van der Waals surface area contributed by atoms with Crippen molar-refractivity contribution < 1.29 is 9.59 Å². The second-order valence-corrected chi connectivity index (χ2v) is 7.48. The fourth-order valence-electron chi connectivity index (χ4n) is 3.23. The fraction of sp³-hybridized carbons (Fsp3) is 0.333. The number of nitrogens with zero attached hydrogens (tertiary/aromatic N) is 2. The number of benzene rings is 2. The lowest BCUT2D eigenvalue weighted by Crippen LogP contribution is -2.46. The van der Waals surface area contributed by atoms with E-state index in [4.69, 9.17) is 0 Å². The first kappa shape index (κ1) is 19.3. The Morgan fingerprint density at radius 1 is 1.04 bits per heavy atom. The maximum atomic E-state index is 12.6. The summed E-state index contributed by atoms with van der Waals surface area (Å²) in [6.07, 6.45) is 1.50. The molecule has 0 aromatic heterocycles. The molecule has 0 aliphatic carbocycles. The molecular weight excluding hydrogens is 358 g/mol. The van der Waals surface area contributed by atoms with E-state index in [1.165, 1.54) is 0 Å². The van der Waals surface area contributed by atoms with E-state index in [1.807, 2.05) is 66.4 Å². The van der Waals surface area contributed by atoms with E-state index in [0.717, 1.165) is 18.5 Å². The monoisotopic (exact) mass is 383 g/mol. The highest BCUT2D eigenvalue weighted by atomic mass is 32.1. The molecule has 3 rings (SSSR count). The number of rotatable bonds is 4. The number of anilines is 1. The Kier molecular flexibility index (Phi) is 6.06. The summed E-state index contributed by atoms with van der Waals surface area (Å²) < 4.78 is 0. The van der Waals surface area contributed by atoms with Crippen LogP contribution in [0.25, 0.3) is 0 Å². The number of hydrogen-bond acceptors (Lipinski definition) is 4. The highest BCUT2D eigenvalue weighted by Gasteiger charge is 2.25. The number of carbonyl (C=O) groups is 2. The van der Waals surface area contributed by atoms with Gasteiger partial charge in [0.1, 0.15) is 0 Å². The molecule has 27 heavy (non-hydrogen) atoms. The average Bonchev–Trinajstić information content (AvgIpc) is 2.68. The minimum Gasteiger partial charge on any atom is -0.378 e. The van der Waals surface area contributed by atoms with Crippen molar-refractivity contribution in [1.82, 2.24) is 10.2 Å². The van der Waals surface area contributed by atoms with Gasteiger partial charge in [-0.3, -0.25) is 9.59 Å². The fourth-order valence-corrected chi connectivity index (χ4v) is 3.49. The zero-order chi connectivity index (χ0) is 19.4. The van der Waals surface area contributed by atoms with Crippen LogP contribution in [0.2, 0.25) is 0 Å². The highest BCUT2D eigenvalue weighted by Crippen LogP contribution is 2.19. The molecule has 2 aromatic carbocycles. The zero-order valence-corrected chi connectivity index (χ0v) is 16.6. The molecule has 1 saturated heterocycles. The lowest BCUT2D eigenvalue weighted by Gasteiger charge is -2.32. The van der Waals surface area contributed by atoms with Crippen LogP contribution >= 0.6 is 12.6 Å². The van der Waals surface area contributed by atoms with E-state index in [-0.39, 0.29) is 17.9 Å².